The lowest BCUT2D eigenvalue weighted by Crippen LogP contribution is -2.36. The number of halogens is 3. The summed E-state index contributed by atoms with van der Waals surface area (Å²) in [6.45, 7) is 0.390. The van der Waals surface area contributed by atoms with Gasteiger partial charge >= 0.3 is 6.18 Å². The summed E-state index contributed by atoms with van der Waals surface area (Å²) in [5.41, 5.74) is 0.477. The first-order chi connectivity index (χ1) is 13.8. The number of anilines is 2. The fourth-order valence-electron chi connectivity index (χ4n) is 3.89. The maximum atomic E-state index is 13.1. The number of benzene rings is 1. The summed E-state index contributed by atoms with van der Waals surface area (Å²) >= 11 is 0. The monoisotopic (exact) mass is 402 g/mol. The Morgan fingerprint density at radius 1 is 0.897 bits per heavy atom. The van der Waals surface area contributed by atoms with Crippen LogP contribution in [0.3, 0.4) is 0 Å². The Hall–Kier alpha value is -3.50. The highest BCUT2D eigenvalue weighted by atomic mass is 19.4. The number of alkyl halides is 3. The Labute approximate surface area is 161 Å². The number of fused-ring (bicyclic) bond motifs is 2. The summed E-state index contributed by atoms with van der Waals surface area (Å²) < 4.78 is 39.9. The lowest BCUT2D eigenvalue weighted by molar-refractivity contribution is -0.146. The molecule has 1 aromatic carbocycles. The van der Waals surface area contributed by atoms with Gasteiger partial charge in [0.05, 0.1) is 17.5 Å². The first kappa shape index (κ1) is 17.6. The zero-order chi connectivity index (χ0) is 20.3. The van der Waals surface area contributed by atoms with Gasteiger partial charge in [-0.3, -0.25) is 9.59 Å². The predicted octanol–water partition coefficient (Wildman–Crippen LogP) is 1.77. The van der Waals surface area contributed by atoms with Gasteiger partial charge < -0.3 is 4.90 Å². The molecular formula is C18H13F3N6O2. The van der Waals surface area contributed by atoms with E-state index < -0.39 is 23.8 Å². The summed E-state index contributed by atoms with van der Waals surface area (Å²) in [6.07, 6.45) is -4.70. The van der Waals surface area contributed by atoms with Crippen LogP contribution in [-0.4, -0.2) is 44.7 Å². The smallest absolute Gasteiger partial charge is 0.354 e. The molecule has 2 atom stereocenters. The molecule has 2 saturated heterocycles. The minimum atomic E-state index is -4.70. The molecule has 4 heterocycles. The predicted molar refractivity (Wildman–Crippen MR) is 93.9 cm³/mol. The number of para-hydroxylation sites is 1. The van der Waals surface area contributed by atoms with Crippen LogP contribution in [0.1, 0.15) is 5.82 Å². The summed E-state index contributed by atoms with van der Waals surface area (Å²) in [5, 5.41) is 10.6. The van der Waals surface area contributed by atoms with Gasteiger partial charge in [-0.25, -0.2) is 4.90 Å². The van der Waals surface area contributed by atoms with Gasteiger partial charge in [-0.2, -0.15) is 17.7 Å². The molecular weight excluding hydrogens is 389 g/mol. The third-order valence-electron chi connectivity index (χ3n) is 5.24. The van der Waals surface area contributed by atoms with Gasteiger partial charge in [0.15, 0.2) is 5.65 Å². The van der Waals surface area contributed by atoms with E-state index in [1.54, 1.807) is 35.2 Å². The second kappa shape index (κ2) is 6.00. The van der Waals surface area contributed by atoms with Gasteiger partial charge in [-0.15, -0.1) is 15.3 Å². The Morgan fingerprint density at radius 3 is 2.17 bits per heavy atom. The molecule has 29 heavy (non-hydrogen) atoms. The van der Waals surface area contributed by atoms with Crippen molar-refractivity contribution in [3.8, 4) is 0 Å². The van der Waals surface area contributed by atoms with Gasteiger partial charge in [-0.05, 0) is 24.3 Å². The number of rotatable bonds is 2. The van der Waals surface area contributed by atoms with Gasteiger partial charge in [0.2, 0.25) is 11.8 Å². The topological polar surface area (TPSA) is 83.7 Å². The summed E-state index contributed by atoms with van der Waals surface area (Å²) in [6, 6.07) is 11.5. The van der Waals surface area contributed by atoms with E-state index in [2.05, 4.69) is 15.3 Å². The number of amides is 2. The molecule has 2 unspecified atom stereocenters. The van der Waals surface area contributed by atoms with Crippen LogP contribution in [0.2, 0.25) is 0 Å². The highest BCUT2D eigenvalue weighted by molar-refractivity contribution is 6.22. The number of nitrogens with zero attached hydrogens (tertiary/aromatic N) is 6. The summed E-state index contributed by atoms with van der Waals surface area (Å²) in [7, 11) is 0. The van der Waals surface area contributed by atoms with Crippen LogP contribution in [0, 0.1) is 11.8 Å². The highest BCUT2D eigenvalue weighted by Crippen LogP contribution is 2.37. The number of carbonyl (C=O) groups is 2. The third kappa shape index (κ3) is 2.64. The second-order valence-corrected chi connectivity index (χ2v) is 6.95. The summed E-state index contributed by atoms with van der Waals surface area (Å²) in [5.74, 6) is -2.75. The number of aromatic nitrogens is 4. The minimum Gasteiger partial charge on any atom is -0.354 e. The lowest BCUT2D eigenvalue weighted by Gasteiger charge is -2.21. The van der Waals surface area contributed by atoms with Crippen molar-refractivity contribution in [2.45, 2.75) is 6.18 Å². The second-order valence-electron chi connectivity index (χ2n) is 6.95. The van der Waals surface area contributed by atoms with Crippen LogP contribution >= 0.6 is 0 Å². The molecule has 8 nitrogen and oxygen atoms in total. The van der Waals surface area contributed by atoms with Crippen LogP contribution in [0.5, 0.6) is 0 Å². The molecule has 3 aromatic rings. The SMILES string of the molecule is O=C1C2CN(c3ccc4nnc(C(F)(F)F)n4n3)CC2C(=O)N1c1ccccc1. The highest BCUT2D eigenvalue weighted by Gasteiger charge is 2.53. The third-order valence-corrected chi connectivity index (χ3v) is 5.24. The number of hydrogen-bond donors (Lipinski definition) is 0. The summed E-state index contributed by atoms with van der Waals surface area (Å²) in [4.78, 5) is 28.5. The van der Waals surface area contributed by atoms with E-state index in [1.807, 2.05) is 0 Å². The van der Waals surface area contributed by atoms with E-state index in [1.165, 1.54) is 17.0 Å². The Kier molecular flexibility index (Phi) is 3.64. The molecule has 0 bridgehead atoms. The Bertz CT molecular complexity index is 1110. The van der Waals surface area contributed by atoms with Gasteiger partial charge in [0, 0.05) is 13.1 Å². The molecule has 0 saturated carbocycles. The van der Waals surface area contributed by atoms with Crippen molar-refractivity contribution in [2.75, 3.05) is 22.9 Å². The Balaban J connectivity index is 1.44. The molecule has 0 spiro atoms. The van der Waals surface area contributed by atoms with Crippen LogP contribution < -0.4 is 9.80 Å². The molecule has 148 valence electrons. The fraction of sp³-hybridized carbons (Fsp3) is 0.278. The van der Waals surface area contributed by atoms with E-state index in [9.17, 15) is 22.8 Å². The molecule has 11 heteroatoms. The van der Waals surface area contributed by atoms with E-state index in [-0.39, 0.29) is 36.4 Å². The molecule has 2 fully saturated rings. The molecule has 2 aliphatic rings. The maximum absolute atomic E-state index is 13.1. The van der Waals surface area contributed by atoms with Crippen LogP contribution in [0.4, 0.5) is 24.7 Å². The van der Waals surface area contributed by atoms with Crippen molar-refractivity contribution < 1.29 is 22.8 Å². The number of carbonyl (C=O) groups excluding carboxylic acids is 2. The normalized spacial score (nSPS) is 22.0. The quantitative estimate of drug-likeness (QED) is 0.608. The molecule has 2 aliphatic heterocycles. The maximum Gasteiger partial charge on any atom is 0.453 e. The van der Waals surface area contributed by atoms with E-state index >= 15 is 0 Å². The fourth-order valence-corrected chi connectivity index (χ4v) is 3.89. The minimum absolute atomic E-state index is 0.0390. The standard InChI is InChI=1S/C18H13F3N6O2/c19-18(20,21)17-23-22-13-6-7-14(24-27(13)17)25-8-11-12(9-25)16(29)26(15(11)28)10-4-2-1-3-5-10/h1-7,11-12H,8-9H2. The van der Waals surface area contributed by atoms with Crippen molar-refractivity contribution in [3.63, 3.8) is 0 Å². The van der Waals surface area contributed by atoms with E-state index in [0.717, 1.165) is 0 Å². The van der Waals surface area contributed by atoms with Crippen molar-refractivity contribution >= 4 is 29.0 Å². The molecule has 0 aliphatic carbocycles. The Morgan fingerprint density at radius 2 is 1.55 bits per heavy atom. The van der Waals surface area contributed by atoms with Gasteiger partial charge in [0.1, 0.15) is 5.82 Å². The molecule has 0 N–H and O–H groups in total. The van der Waals surface area contributed by atoms with E-state index in [4.69, 9.17) is 0 Å². The van der Waals surface area contributed by atoms with Crippen LogP contribution in [0.25, 0.3) is 5.65 Å². The zero-order valence-electron chi connectivity index (χ0n) is 14.7. The number of imide groups is 1. The van der Waals surface area contributed by atoms with Crippen molar-refractivity contribution in [2.24, 2.45) is 11.8 Å². The average Bonchev–Trinajstić information content (AvgIpc) is 3.37. The molecule has 0 radical (unpaired) electrons. The van der Waals surface area contributed by atoms with Crippen molar-refractivity contribution in [1.29, 1.82) is 0 Å². The van der Waals surface area contributed by atoms with Gasteiger partial charge in [-0.1, -0.05) is 18.2 Å². The van der Waals surface area contributed by atoms with Crippen molar-refractivity contribution in [3.05, 3.63) is 48.3 Å². The number of hydrogen-bond acceptors (Lipinski definition) is 6. The zero-order valence-corrected chi connectivity index (χ0v) is 14.7. The molecule has 2 aromatic heterocycles. The van der Waals surface area contributed by atoms with Crippen LogP contribution in [0.15, 0.2) is 42.5 Å². The molecule has 2 amide bonds. The van der Waals surface area contributed by atoms with Crippen LogP contribution in [-0.2, 0) is 15.8 Å². The average molecular weight is 402 g/mol. The van der Waals surface area contributed by atoms with Gasteiger partial charge in [0.25, 0.3) is 5.82 Å². The lowest BCUT2D eigenvalue weighted by atomic mass is 10.00. The van der Waals surface area contributed by atoms with Crippen molar-refractivity contribution in [1.82, 2.24) is 19.8 Å². The van der Waals surface area contributed by atoms with E-state index in [0.29, 0.717) is 10.2 Å². The first-order valence-corrected chi connectivity index (χ1v) is 8.82. The molecule has 5 rings (SSSR count). The first-order valence-electron chi connectivity index (χ1n) is 8.82. The largest absolute Gasteiger partial charge is 0.453 e.